The maximum Gasteiger partial charge on any atom is 0.252 e. The first kappa shape index (κ1) is 15.1. The Morgan fingerprint density at radius 1 is 1.14 bits per heavy atom. The second kappa shape index (κ2) is 6.45. The van der Waals surface area contributed by atoms with Crippen molar-refractivity contribution >= 4 is 17.5 Å². The molecule has 2 aromatic rings. The highest BCUT2D eigenvalue weighted by Gasteiger charge is 2.10. The lowest BCUT2D eigenvalue weighted by atomic mass is 10.1. The number of aromatic hydroxyl groups is 2. The molecule has 0 atom stereocenters. The van der Waals surface area contributed by atoms with E-state index in [4.69, 9.17) is 11.6 Å². The van der Waals surface area contributed by atoms with Crippen LogP contribution in [0.4, 0.5) is 4.39 Å². The molecule has 0 spiro atoms. The van der Waals surface area contributed by atoms with Crippen molar-refractivity contribution in [2.24, 2.45) is 0 Å². The van der Waals surface area contributed by atoms with Gasteiger partial charge in [-0.2, -0.15) is 0 Å². The molecule has 0 aliphatic rings. The van der Waals surface area contributed by atoms with Crippen molar-refractivity contribution in [3.05, 3.63) is 58.4 Å². The Hall–Kier alpha value is -2.27. The highest BCUT2D eigenvalue weighted by molar-refractivity contribution is 6.33. The van der Waals surface area contributed by atoms with Crippen LogP contribution in [0.3, 0.4) is 0 Å². The van der Waals surface area contributed by atoms with Crippen LogP contribution in [-0.4, -0.2) is 22.7 Å². The molecule has 1 amide bonds. The van der Waals surface area contributed by atoms with E-state index in [1.807, 2.05) is 0 Å². The first-order valence-electron chi connectivity index (χ1n) is 6.21. The number of phenols is 2. The molecule has 0 saturated carbocycles. The number of rotatable bonds is 4. The smallest absolute Gasteiger partial charge is 0.252 e. The number of benzene rings is 2. The number of carbonyl (C=O) groups excluding carboxylic acids is 1. The summed E-state index contributed by atoms with van der Waals surface area (Å²) in [5.41, 5.74) is 0.961. The molecule has 2 rings (SSSR count). The average Bonchev–Trinajstić information content (AvgIpc) is 2.42. The van der Waals surface area contributed by atoms with Crippen LogP contribution in [0.2, 0.25) is 5.02 Å². The predicted octanol–water partition coefficient (Wildman–Crippen LogP) is 2.86. The van der Waals surface area contributed by atoms with E-state index >= 15 is 0 Å². The standard InChI is InChI=1S/C15H13ClFNO3/c16-12-8-10(17)2-3-11(12)15(21)18-6-5-9-1-4-13(19)14(20)7-9/h1-4,7-8,19-20H,5-6H2,(H,18,21). The SMILES string of the molecule is O=C(NCCc1ccc(O)c(O)c1)c1ccc(F)cc1Cl. The lowest BCUT2D eigenvalue weighted by Gasteiger charge is -2.07. The van der Waals surface area contributed by atoms with Gasteiger partial charge in [-0.05, 0) is 42.3 Å². The number of phenolic OH excluding ortho intramolecular Hbond substituents is 2. The van der Waals surface area contributed by atoms with E-state index in [1.165, 1.54) is 24.3 Å². The molecule has 0 saturated heterocycles. The highest BCUT2D eigenvalue weighted by Crippen LogP contribution is 2.24. The van der Waals surface area contributed by atoms with Gasteiger partial charge >= 0.3 is 0 Å². The number of hydrogen-bond donors (Lipinski definition) is 3. The topological polar surface area (TPSA) is 69.6 Å². The summed E-state index contributed by atoms with van der Waals surface area (Å²) in [6.45, 7) is 0.316. The van der Waals surface area contributed by atoms with Gasteiger partial charge in [0, 0.05) is 6.54 Å². The third-order valence-electron chi connectivity index (χ3n) is 2.91. The van der Waals surface area contributed by atoms with Gasteiger partial charge < -0.3 is 15.5 Å². The zero-order valence-electron chi connectivity index (χ0n) is 10.9. The Morgan fingerprint density at radius 3 is 2.57 bits per heavy atom. The van der Waals surface area contributed by atoms with Crippen LogP contribution in [-0.2, 0) is 6.42 Å². The lowest BCUT2D eigenvalue weighted by Crippen LogP contribution is -2.26. The minimum Gasteiger partial charge on any atom is -0.504 e. The Labute approximate surface area is 125 Å². The van der Waals surface area contributed by atoms with E-state index in [0.717, 1.165) is 11.6 Å². The Morgan fingerprint density at radius 2 is 1.90 bits per heavy atom. The van der Waals surface area contributed by atoms with Gasteiger partial charge in [0.05, 0.1) is 10.6 Å². The monoisotopic (exact) mass is 309 g/mol. The average molecular weight is 310 g/mol. The summed E-state index contributed by atoms with van der Waals surface area (Å²) in [4.78, 5) is 11.9. The Balaban J connectivity index is 1.93. The van der Waals surface area contributed by atoms with Crippen molar-refractivity contribution in [2.75, 3.05) is 6.54 Å². The van der Waals surface area contributed by atoms with Gasteiger partial charge in [0.2, 0.25) is 0 Å². The molecule has 0 aliphatic carbocycles. The van der Waals surface area contributed by atoms with E-state index in [9.17, 15) is 19.4 Å². The molecule has 0 heterocycles. The van der Waals surface area contributed by atoms with Gasteiger partial charge in [0.25, 0.3) is 5.91 Å². The second-order valence-electron chi connectivity index (χ2n) is 4.45. The molecule has 0 aromatic heterocycles. The maximum atomic E-state index is 12.9. The number of amides is 1. The van der Waals surface area contributed by atoms with Gasteiger partial charge in [-0.1, -0.05) is 17.7 Å². The highest BCUT2D eigenvalue weighted by atomic mass is 35.5. The molecular weight excluding hydrogens is 297 g/mol. The van der Waals surface area contributed by atoms with Crippen molar-refractivity contribution in [3.8, 4) is 11.5 Å². The van der Waals surface area contributed by atoms with Gasteiger partial charge in [-0.15, -0.1) is 0 Å². The van der Waals surface area contributed by atoms with Crippen molar-refractivity contribution < 1.29 is 19.4 Å². The molecule has 6 heteroatoms. The van der Waals surface area contributed by atoms with Gasteiger partial charge in [-0.25, -0.2) is 4.39 Å². The molecule has 0 aliphatic heterocycles. The largest absolute Gasteiger partial charge is 0.504 e. The van der Waals surface area contributed by atoms with E-state index in [2.05, 4.69) is 5.32 Å². The maximum absolute atomic E-state index is 12.9. The van der Waals surface area contributed by atoms with Crippen molar-refractivity contribution in [3.63, 3.8) is 0 Å². The number of hydrogen-bond acceptors (Lipinski definition) is 3. The van der Waals surface area contributed by atoms with Crippen LogP contribution in [0, 0.1) is 5.82 Å². The minimum absolute atomic E-state index is 0.0507. The van der Waals surface area contributed by atoms with E-state index in [-0.39, 0.29) is 22.1 Å². The van der Waals surface area contributed by atoms with Crippen LogP contribution in [0.15, 0.2) is 36.4 Å². The fourth-order valence-corrected chi connectivity index (χ4v) is 2.07. The van der Waals surface area contributed by atoms with E-state index in [1.54, 1.807) is 6.07 Å². The molecule has 0 bridgehead atoms. The van der Waals surface area contributed by atoms with Crippen molar-refractivity contribution in [1.29, 1.82) is 0 Å². The number of nitrogens with one attached hydrogen (secondary N) is 1. The van der Waals surface area contributed by atoms with Crippen LogP contribution in [0.25, 0.3) is 0 Å². The third kappa shape index (κ3) is 3.86. The van der Waals surface area contributed by atoms with Crippen LogP contribution in [0.1, 0.15) is 15.9 Å². The van der Waals surface area contributed by atoms with Crippen LogP contribution < -0.4 is 5.32 Å². The normalized spacial score (nSPS) is 10.4. The number of carbonyl (C=O) groups is 1. The zero-order chi connectivity index (χ0) is 15.4. The summed E-state index contributed by atoms with van der Waals surface area (Å²) < 4.78 is 12.9. The zero-order valence-corrected chi connectivity index (χ0v) is 11.7. The van der Waals surface area contributed by atoms with Crippen LogP contribution >= 0.6 is 11.6 Å². The molecule has 110 valence electrons. The molecule has 0 fully saturated rings. The van der Waals surface area contributed by atoms with Gasteiger partial charge in [0.1, 0.15) is 5.82 Å². The van der Waals surface area contributed by atoms with E-state index < -0.39 is 11.7 Å². The van der Waals surface area contributed by atoms with Crippen molar-refractivity contribution in [2.45, 2.75) is 6.42 Å². The first-order valence-corrected chi connectivity index (χ1v) is 6.59. The fraction of sp³-hybridized carbons (Fsp3) is 0.133. The van der Waals surface area contributed by atoms with Gasteiger partial charge in [0.15, 0.2) is 11.5 Å². The minimum atomic E-state index is -0.504. The molecule has 0 radical (unpaired) electrons. The summed E-state index contributed by atoms with van der Waals surface area (Å²) >= 11 is 5.80. The first-order chi connectivity index (χ1) is 9.97. The molecule has 3 N–H and O–H groups in total. The molecular formula is C15H13ClFNO3. The predicted molar refractivity (Wildman–Crippen MR) is 77.2 cm³/mol. The molecule has 0 unspecified atom stereocenters. The molecule has 4 nitrogen and oxygen atoms in total. The van der Waals surface area contributed by atoms with Gasteiger partial charge in [-0.3, -0.25) is 4.79 Å². The van der Waals surface area contributed by atoms with E-state index in [0.29, 0.717) is 13.0 Å². The summed E-state index contributed by atoms with van der Waals surface area (Å²) in [5, 5.41) is 21.3. The Bertz CT molecular complexity index is 676. The lowest BCUT2D eigenvalue weighted by molar-refractivity contribution is 0.0954. The van der Waals surface area contributed by atoms with Crippen molar-refractivity contribution in [1.82, 2.24) is 5.32 Å². The second-order valence-corrected chi connectivity index (χ2v) is 4.86. The number of halogens is 2. The fourth-order valence-electron chi connectivity index (χ4n) is 1.81. The van der Waals surface area contributed by atoms with Crippen LogP contribution in [0.5, 0.6) is 11.5 Å². The summed E-state index contributed by atoms with van der Waals surface area (Å²) in [6.07, 6.45) is 0.471. The summed E-state index contributed by atoms with van der Waals surface area (Å²) in [6, 6.07) is 8.01. The molecule has 21 heavy (non-hydrogen) atoms. The third-order valence-corrected chi connectivity index (χ3v) is 3.23. The quantitative estimate of drug-likeness (QED) is 0.761. The summed E-state index contributed by atoms with van der Waals surface area (Å²) in [5.74, 6) is -1.31. The molecule has 2 aromatic carbocycles. The Kier molecular flexibility index (Phi) is 4.65. The summed E-state index contributed by atoms with van der Waals surface area (Å²) in [7, 11) is 0.